The van der Waals surface area contributed by atoms with Gasteiger partial charge in [0.05, 0.1) is 0 Å². The lowest BCUT2D eigenvalue weighted by molar-refractivity contribution is 0.667. The van der Waals surface area contributed by atoms with E-state index in [0.717, 1.165) is 6.42 Å². The standard InChI is InChI=1S/C15H20/c1-2-3-4-5-7-13-10-11-14-8-6-9-15(14)12-13/h6,9-12H,2-5,7-8H2,1H3. The predicted octanol–water partition coefficient (Wildman–Crippen LogP) is 4.38. The molecule has 15 heavy (non-hydrogen) atoms. The molecule has 0 saturated heterocycles. The molecule has 0 nitrogen and oxygen atoms in total. The average Bonchev–Trinajstić information content (AvgIpc) is 2.71. The van der Waals surface area contributed by atoms with Crippen molar-refractivity contribution in [1.29, 1.82) is 0 Å². The molecule has 1 aliphatic carbocycles. The van der Waals surface area contributed by atoms with Gasteiger partial charge in [-0.1, -0.05) is 56.5 Å². The normalized spacial score (nSPS) is 13.1. The molecule has 0 bridgehead atoms. The second-order valence-corrected chi connectivity index (χ2v) is 4.45. The van der Waals surface area contributed by atoms with E-state index in [9.17, 15) is 0 Å². The lowest BCUT2D eigenvalue weighted by Crippen LogP contribution is -1.89. The zero-order valence-electron chi connectivity index (χ0n) is 9.63. The summed E-state index contributed by atoms with van der Waals surface area (Å²) in [7, 11) is 0. The third kappa shape index (κ3) is 2.71. The van der Waals surface area contributed by atoms with Crippen LogP contribution in [0.2, 0.25) is 0 Å². The SMILES string of the molecule is CCCCCCc1ccc2c(c1)C=CC2. The molecule has 0 unspecified atom stereocenters. The van der Waals surface area contributed by atoms with Crippen LogP contribution in [0.4, 0.5) is 0 Å². The van der Waals surface area contributed by atoms with E-state index in [0.29, 0.717) is 0 Å². The Morgan fingerprint density at radius 1 is 1.13 bits per heavy atom. The van der Waals surface area contributed by atoms with Crippen molar-refractivity contribution in [1.82, 2.24) is 0 Å². The van der Waals surface area contributed by atoms with Gasteiger partial charge in [-0.3, -0.25) is 0 Å². The van der Waals surface area contributed by atoms with Gasteiger partial charge in [-0.2, -0.15) is 0 Å². The molecule has 0 heterocycles. The Balaban J connectivity index is 1.89. The van der Waals surface area contributed by atoms with Crippen molar-refractivity contribution in [2.45, 2.75) is 45.4 Å². The largest absolute Gasteiger partial charge is 0.0795 e. The van der Waals surface area contributed by atoms with Gasteiger partial charge >= 0.3 is 0 Å². The molecule has 2 rings (SSSR count). The first-order valence-corrected chi connectivity index (χ1v) is 6.18. The number of unbranched alkanes of at least 4 members (excludes halogenated alkanes) is 3. The molecule has 0 aliphatic heterocycles. The van der Waals surface area contributed by atoms with Gasteiger partial charge < -0.3 is 0 Å². The number of rotatable bonds is 5. The molecule has 0 heteroatoms. The van der Waals surface area contributed by atoms with Crippen molar-refractivity contribution in [3.63, 3.8) is 0 Å². The van der Waals surface area contributed by atoms with E-state index in [1.807, 2.05) is 0 Å². The van der Waals surface area contributed by atoms with E-state index in [2.05, 4.69) is 37.3 Å². The molecule has 0 fully saturated rings. The lowest BCUT2D eigenvalue weighted by Gasteiger charge is -2.04. The van der Waals surface area contributed by atoms with E-state index < -0.39 is 0 Å². The van der Waals surface area contributed by atoms with Gasteiger partial charge in [0.25, 0.3) is 0 Å². The van der Waals surface area contributed by atoms with Crippen molar-refractivity contribution >= 4 is 6.08 Å². The highest BCUT2D eigenvalue weighted by Gasteiger charge is 2.04. The fourth-order valence-corrected chi connectivity index (χ4v) is 2.21. The maximum Gasteiger partial charge on any atom is -0.00882 e. The van der Waals surface area contributed by atoms with Crippen molar-refractivity contribution in [2.24, 2.45) is 0 Å². The third-order valence-corrected chi connectivity index (χ3v) is 3.16. The lowest BCUT2D eigenvalue weighted by atomic mass is 10.0. The summed E-state index contributed by atoms with van der Waals surface area (Å²) in [5.41, 5.74) is 4.45. The van der Waals surface area contributed by atoms with Crippen LogP contribution in [-0.2, 0) is 12.8 Å². The van der Waals surface area contributed by atoms with E-state index >= 15 is 0 Å². The summed E-state index contributed by atoms with van der Waals surface area (Å²) >= 11 is 0. The number of hydrogen-bond acceptors (Lipinski definition) is 0. The van der Waals surface area contributed by atoms with Crippen LogP contribution in [0.5, 0.6) is 0 Å². The first-order valence-electron chi connectivity index (χ1n) is 6.18. The monoisotopic (exact) mass is 200 g/mol. The Morgan fingerprint density at radius 3 is 2.93 bits per heavy atom. The molecule has 0 spiro atoms. The molecule has 0 amide bonds. The quantitative estimate of drug-likeness (QED) is 0.619. The fourth-order valence-electron chi connectivity index (χ4n) is 2.21. The zero-order valence-corrected chi connectivity index (χ0v) is 9.63. The summed E-state index contributed by atoms with van der Waals surface area (Å²) < 4.78 is 0. The Morgan fingerprint density at radius 2 is 2.07 bits per heavy atom. The molecule has 0 N–H and O–H groups in total. The van der Waals surface area contributed by atoms with E-state index in [-0.39, 0.29) is 0 Å². The van der Waals surface area contributed by atoms with Crippen molar-refractivity contribution in [2.75, 3.05) is 0 Å². The molecule has 0 radical (unpaired) electrons. The Hall–Kier alpha value is -1.04. The molecule has 0 atom stereocenters. The molecule has 1 aromatic carbocycles. The number of allylic oxidation sites excluding steroid dienone is 1. The minimum atomic E-state index is 1.13. The summed E-state index contributed by atoms with van der Waals surface area (Å²) in [6, 6.07) is 6.97. The highest BCUT2D eigenvalue weighted by Crippen LogP contribution is 2.21. The summed E-state index contributed by atoms with van der Waals surface area (Å²) in [5, 5.41) is 0. The number of benzene rings is 1. The van der Waals surface area contributed by atoms with E-state index in [4.69, 9.17) is 0 Å². The van der Waals surface area contributed by atoms with Crippen LogP contribution in [0, 0.1) is 0 Å². The average molecular weight is 200 g/mol. The highest BCUT2D eigenvalue weighted by molar-refractivity contribution is 5.60. The van der Waals surface area contributed by atoms with Crippen LogP contribution < -0.4 is 0 Å². The topological polar surface area (TPSA) is 0 Å². The summed E-state index contributed by atoms with van der Waals surface area (Å²) in [6.45, 7) is 2.26. The van der Waals surface area contributed by atoms with Crippen LogP contribution in [-0.4, -0.2) is 0 Å². The van der Waals surface area contributed by atoms with Gasteiger partial charge in [0.1, 0.15) is 0 Å². The first-order chi connectivity index (χ1) is 7.40. The van der Waals surface area contributed by atoms with Gasteiger partial charge in [0, 0.05) is 0 Å². The van der Waals surface area contributed by atoms with Gasteiger partial charge in [0.15, 0.2) is 0 Å². The van der Waals surface area contributed by atoms with Crippen LogP contribution >= 0.6 is 0 Å². The van der Waals surface area contributed by atoms with Crippen LogP contribution in [0.25, 0.3) is 6.08 Å². The number of aryl methyl sites for hydroxylation is 1. The van der Waals surface area contributed by atoms with Gasteiger partial charge in [-0.25, -0.2) is 0 Å². The minimum Gasteiger partial charge on any atom is -0.0795 e. The van der Waals surface area contributed by atoms with Crippen LogP contribution in [0.3, 0.4) is 0 Å². The van der Waals surface area contributed by atoms with Gasteiger partial charge in [0.2, 0.25) is 0 Å². The summed E-state index contributed by atoms with van der Waals surface area (Å²) in [6.07, 6.45) is 12.3. The molecule has 1 aromatic rings. The highest BCUT2D eigenvalue weighted by atomic mass is 14.1. The molecular formula is C15H20. The molecular weight excluding hydrogens is 180 g/mol. The van der Waals surface area contributed by atoms with E-state index in [1.165, 1.54) is 48.8 Å². The van der Waals surface area contributed by atoms with Crippen molar-refractivity contribution in [3.8, 4) is 0 Å². The van der Waals surface area contributed by atoms with Crippen molar-refractivity contribution < 1.29 is 0 Å². The van der Waals surface area contributed by atoms with Gasteiger partial charge in [-0.05, 0) is 36.0 Å². The number of hydrogen-bond donors (Lipinski definition) is 0. The zero-order chi connectivity index (χ0) is 10.5. The minimum absolute atomic E-state index is 1.13. The molecule has 1 aliphatic rings. The molecule has 80 valence electrons. The second kappa shape index (κ2) is 5.16. The third-order valence-electron chi connectivity index (χ3n) is 3.16. The maximum absolute atomic E-state index is 2.37. The number of fused-ring (bicyclic) bond motifs is 1. The Kier molecular flexibility index (Phi) is 3.60. The molecule has 0 aromatic heterocycles. The maximum atomic E-state index is 2.37. The first kappa shape index (κ1) is 10.5. The molecule has 0 saturated carbocycles. The predicted molar refractivity (Wildman–Crippen MR) is 67.0 cm³/mol. The van der Waals surface area contributed by atoms with E-state index in [1.54, 1.807) is 0 Å². The summed E-state index contributed by atoms with van der Waals surface area (Å²) in [5.74, 6) is 0. The van der Waals surface area contributed by atoms with Crippen LogP contribution in [0.1, 0.15) is 49.3 Å². The Labute approximate surface area is 93.0 Å². The second-order valence-electron chi connectivity index (χ2n) is 4.45. The van der Waals surface area contributed by atoms with Crippen molar-refractivity contribution in [3.05, 3.63) is 41.0 Å². The smallest absolute Gasteiger partial charge is 0.00882 e. The van der Waals surface area contributed by atoms with Gasteiger partial charge in [-0.15, -0.1) is 0 Å². The fraction of sp³-hybridized carbons (Fsp3) is 0.467. The van der Waals surface area contributed by atoms with Crippen LogP contribution in [0.15, 0.2) is 24.3 Å². The Bertz CT molecular complexity index is 347. The summed E-state index contributed by atoms with van der Waals surface area (Å²) in [4.78, 5) is 0.